The van der Waals surface area contributed by atoms with Crippen molar-refractivity contribution < 1.29 is 13.9 Å². The molecule has 2 aromatic heterocycles. The van der Waals surface area contributed by atoms with Gasteiger partial charge in [-0.25, -0.2) is 4.98 Å². The number of nitrogens with one attached hydrogen (secondary N) is 2. The Kier molecular flexibility index (Phi) is 5.49. The second-order valence-corrected chi connectivity index (χ2v) is 5.91. The standard InChI is InChI=1S/C17H22N4O4/c1-12-14(4-5-15(22)18-11-13-3-2-8-25-13)16(23)20-17(19-12)21-6-9-24-10-7-21/h2-3,8H,4-7,9-11H2,1H3,(H,18,22)(H,19,20,23). The van der Waals surface area contributed by atoms with Gasteiger partial charge in [0.05, 0.1) is 26.0 Å². The summed E-state index contributed by atoms with van der Waals surface area (Å²) in [5, 5.41) is 2.77. The minimum absolute atomic E-state index is 0.132. The monoisotopic (exact) mass is 346 g/mol. The van der Waals surface area contributed by atoms with Crippen LogP contribution in [0.1, 0.15) is 23.4 Å². The van der Waals surface area contributed by atoms with Gasteiger partial charge in [0.2, 0.25) is 11.9 Å². The van der Waals surface area contributed by atoms with Crippen molar-refractivity contribution in [3.63, 3.8) is 0 Å². The summed E-state index contributed by atoms with van der Waals surface area (Å²) in [7, 11) is 0. The molecule has 0 bridgehead atoms. The molecule has 0 unspecified atom stereocenters. The van der Waals surface area contributed by atoms with Crippen LogP contribution < -0.4 is 15.8 Å². The third-order valence-electron chi connectivity index (χ3n) is 4.16. The SMILES string of the molecule is Cc1nc(N2CCOCC2)[nH]c(=O)c1CCC(=O)NCc1ccco1. The molecule has 0 aromatic carbocycles. The summed E-state index contributed by atoms with van der Waals surface area (Å²) >= 11 is 0. The van der Waals surface area contributed by atoms with E-state index in [9.17, 15) is 9.59 Å². The number of furan rings is 1. The highest BCUT2D eigenvalue weighted by molar-refractivity contribution is 5.76. The quantitative estimate of drug-likeness (QED) is 0.801. The number of carbonyl (C=O) groups excluding carboxylic acids is 1. The van der Waals surface area contributed by atoms with Gasteiger partial charge in [-0.15, -0.1) is 0 Å². The molecule has 0 atom stereocenters. The Hall–Kier alpha value is -2.61. The number of aromatic amines is 1. The van der Waals surface area contributed by atoms with Crippen molar-refractivity contribution in [3.05, 3.63) is 45.8 Å². The molecule has 3 heterocycles. The van der Waals surface area contributed by atoms with Crippen LogP contribution in [0, 0.1) is 6.92 Å². The summed E-state index contributed by atoms with van der Waals surface area (Å²) in [6, 6.07) is 3.56. The zero-order valence-electron chi connectivity index (χ0n) is 14.2. The Morgan fingerprint density at radius 2 is 2.20 bits per heavy atom. The van der Waals surface area contributed by atoms with Gasteiger partial charge in [-0.2, -0.15) is 0 Å². The van der Waals surface area contributed by atoms with Crippen molar-refractivity contribution in [1.82, 2.24) is 15.3 Å². The fraction of sp³-hybridized carbons (Fsp3) is 0.471. The molecule has 2 N–H and O–H groups in total. The normalized spacial score (nSPS) is 14.5. The van der Waals surface area contributed by atoms with Crippen molar-refractivity contribution in [1.29, 1.82) is 0 Å². The Morgan fingerprint density at radius 3 is 2.88 bits per heavy atom. The van der Waals surface area contributed by atoms with Gasteiger partial charge in [-0.05, 0) is 25.5 Å². The number of H-pyrrole nitrogens is 1. The average Bonchev–Trinajstić information content (AvgIpc) is 3.13. The number of anilines is 1. The first-order valence-electron chi connectivity index (χ1n) is 8.35. The summed E-state index contributed by atoms with van der Waals surface area (Å²) in [5.74, 6) is 1.13. The molecule has 3 rings (SSSR count). The molecular formula is C17H22N4O4. The molecule has 1 aliphatic heterocycles. The lowest BCUT2D eigenvalue weighted by Crippen LogP contribution is -2.38. The van der Waals surface area contributed by atoms with Crippen molar-refractivity contribution >= 4 is 11.9 Å². The summed E-state index contributed by atoms with van der Waals surface area (Å²) < 4.78 is 10.5. The highest BCUT2D eigenvalue weighted by atomic mass is 16.5. The van der Waals surface area contributed by atoms with Gasteiger partial charge in [0, 0.05) is 30.8 Å². The van der Waals surface area contributed by atoms with Crippen LogP contribution in [-0.2, 0) is 22.5 Å². The Balaban J connectivity index is 1.58. The van der Waals surface area contributed by atoms with E-state index in [4.69, 9.17) is 9.15 Å². The fourth-order valence-electron chi connectivity index (χ4n) is 2.74. The Morgan fingerprint density at radius 1 is 1.40 bits per heavy atom. The molecule has 25 heavy (non-hydrogen) atoms. The number of nitrogens with zero attached hydrogens (tertiary/aromatic N) is 2. The zero-order chi connectivity index (χ0) is 17.6. The first kappa shape index (κ1) is 17.2. The third kappa shape index (κ3) is 4.48. The van der Waals surface area contributed by atoms with Gasteiger partial charge in [-0.1, -0.05) is 0 Å². The number of hydrogen-bond acceptors (Lipinski definition) is 6. The molecule has 0 radical (unpaired) electrons. The van der Waals surface area contributed by atoms with E-state index in [1.54, 1.807) is 25.3 Å². The number of carbonyl (C=O) groups is 1. The molecule has 8 nitrogen and oxygen atoms in total. The molecule has 1 fully saturated rings. The largest absolute Gasteiger partial charge is 0.467 e. The van der Waals surface area contributed by atoms with Crippen molar-refractivity contribution in [2.45, 2.75) is 26.3 Å². The average molecular weight is 346 g/mol. The number of aryl methyl sites for hydroxylation is 1. The molecule has 0 aliphatic carbocycles. The fourth-order valence-corrected chi connectivity index (χ4v) is 2.74. The molecule has 1 amide bonds. The van der Waals surface area contributed by atoms with E-state index in [1.165, 1.54) is 0 Å². The Bertz CT molecular complexity index is 763. The maximum Gasteiger partial charge on any atom is 0.255 e. The van der Waals surface area contributed by atoms with Crippen LogP contribution in [0.25, 0.3) is 0 Å². The van der Waals surface area contributed by atoms with E-state index >= 15 is 0 Å². The number of aromatic nitrogens is 2. The van der Waals surface area contributed by atoms with Gasteiger partial charge in [0.15, 0.2) is 0 Å². The molecular weight excluding hydrogens is 324 g/mol. The Labute approximate surface area is 145 Å². The number of ether oxygens (including phenoxy) is 1. The van der Waals surface area contributed by atoms with E-state index in [2.05, 4.69) is 15.3 Å². The summed E-state index contributed by atoms with van der Waals surface area (Å²) in [6.07, 6.45) is 2.14. The van der Waals surface area contributed by atoms with E-state index in [0.717, 1.165) is 0 Å². The van der Waals surface area contributed by atoms with Gasteiger partial charge >= 0.3 is 0 Å². The lowest BCUT2D eigenvalue weighted by Gasteiger charge is -2.27. The van der Waals surface area contributed by atoms with E-state index in [0.29, 0.717) is 62.2 Å². The molecule has 0 saturated carbocycles. The highest BCUT2D eigenvalue weighted by Gasteiger charge is 2.16. The van der Waals surface area contributed by atoms with Crippen LogP contribution in [0.15, 0.2) is 27.6 Å². The van der Waals surface area contributed by atoms with Crippen LogP contribution in [0.4, 0.5) is 5.95 Å². The number of rotatable bonds is 6. The van der Waals surface area contributed by atoms with E-state index in [1.807, 2.05) is 4.90 Å². The van der Waals surface area contributed by atoms with Crippen LogP contribution in [0.5, 0.6) is 0 Å². The third-order valence-corrected chi connectivity index (χ3v) is 4.16. The summed E-state index contributed by atoms with van der Waals surface area (Å²) in [4.78, 5) is 33.6. The molecule has 8 heteroatoms. The minimum atomic E-state index is -0.187. The maximum atomic E-state index is 12.4. The summed E-state index contributed by atoms with van der Waals surface area (Å²) in [5.41, 5.74) is 1.02. The zero-order valence-corrected chi connectivity index (χ0v) is 14.2. The first-order valence-corrected chi connectivity index (χ1v) is 8.35. The van der Waals surface area contributed by atoms with Gasteiger partial charge in [0.1, 0.15) is 5.76 Å². The van der Waals surface area contributed by atoms with Gasteiger partial charge in [-0.3, -0.25) is 14.6 Å². The first-order chi connectivity index (χ1) is 12.1. The topological polar surface area (TPSA) is 100 Å². The second kappa shape index (κ2) is 7.98. The van der Waals surface area contributed by atoms with E-state index < -0.39 is 0 Å². The van der Waals surface area contributed by atoms with Gasteiger partial charge < -0.3 is 19.4 Å². The highest BCUT2D eigenvalue weighted by Crippen LogP contribution is 2.11. The molecule has 1 aliphatic rings. The minimum Gasteiger partial charge on any atom is -0.467 e. The van der Waals surface area contributed by atoms with Gasteiger partial charge in [0.25, 0.3) is 5.56 Å². The molecule has 0 spiro atoms. The summed E-state index contributed by atoms with van der Waals surface area (Å²) in [6.45, 7) is 4.80. The van der Waals surface area contributed by atoms with Crippen molar-refractivity contribution in [3.8, 4) is 0 Å². The lowest BCUT2D eigenvalue weighted by atomic mass is 10.1. The van der Waals surface area contributed by atoms with Crippen LogP contribution in [-0.4, -0.2) is 42.2 Å². The molecule has 2 aromatic rings. The maximum absolute atomic E-state index is 12.4. The smallest absolute Gasteiger partial charge is 0.255 e. The predicted molar refractivity (Wildman–Crippen MR) is 91.5 cm³/mol. The van der Waals surface area contributed by atoms with Crippen molar-refractivity contribution in [2.75, 3.05) is 31.2 Å². The molecule has 1 saturated heterocycles. The molecule has 134 valence electrons. The lowest BCUT2D eigenvalue weighted by molar-refractivity contribution is -0.121. The number of hydrogen-bond donors (Lipinski definition) is 2. The van der Waals surface area contributed by atoms with Crippen LogP contribution in [0.2, 0.25) is 0 Å². The number of amides is 1. The van der Waals surface area contributed by atoms with Crippen LogP contribution >= 0.6 is 0 Å². The van der Waals surface area contributed by atoms with Crippen molar-refractivity contribution in [2.24, 2.45) is 0 Å². The predicted octanol–water partition coefficient (Wildman–Crippen LogP) is 0.757. The van der Waals surface area contributed by atoms with Crippen LogP contribution in [0.3, 0.4) is 0 Å². The van der Waals surface area contributed by atoms with E-state index in [-0.39, 0.29) is 17.9 Å². The second-order valence-electron chi connectivity index (χ2n) is 5.91. The number of morpholine rings is 1.